The van der Waals surface area contributed by atoms with Crippen LogP contribution >= 0.6 is 0 Å². The minimum Gasteiger partial charge on any atom is -0.494 e. The molecule has 0 aromatic heterocycles. The SMILES string of the molecule is C1=CC(OCC2CCCCC2)=CCC1. The van der Waals surface area contributed by atoms with Crippen LogP contribution in [0.5, 0.6) is 0 Å². The molecule has 0 N–H and O–H groups in total. The largest absolute Gasteiger partial charge is 0.494 e. The van der Waals surface area contributed by atoms with Gasteiger partial charge in [-0.3, -0.25) is 0 Å². The molecule has 2 aliphatic carbocycles. The summed E-state index contributed by atoms with van der Waals surface area (Å²) in [6.07, 6.45) is 15.8. The molecular formula is C13H20O. The van der Waals surface area contributed by atoms with Gasteiger partial charge in [-0.1, -0.05) is 25.3 Å². The molecule has 14 heavy (non-hydrogen) atoms. The van der Waals surface area contributed by atoms with Gasteiger partial charge < -0.3 is 4.74 Å². The minimum absolute atomic E-state index is 0.819. The minimum atomic E-state index is 0.819. The van der Waals surface area contributed by atoms with E-state index in [9.17, 15) is 0 Å². The van der Waals surface area contributed by atoms with Crippen molar-refractivity contribution >= 4 is 0 Å². The van der Waals surface area contributed by atoms with Crippen LogP contribution in [0.3, 0.4) is 0 Å². The first-order valence-corrected chi connectivity index (χ1v) is 5.94. The average molecular weight is 192 g/mol. The topological polar surface area (TPSA) is 9.23 Å². The molecule has 0 aliphatic heterocycles. The van der Waals surface area contributed by atoms with Crippen LogP contribution in [0.1, 0.15) is 44.9 Å². The van der Waals surface area contributed by atoms with Crippen LogP contribution in [0.25, 0.3) is 0 Å². The van der Waals surface area contributed by atoms with Gasteiger partial charge in [-0.2, -0.15) is 0 Å². The van der Waals surface area contributed by atoms with Gasteiger partial charge in [0.1, 0.15) is 5.76 Å². The summed E-state index contributed by atoms with van der Waals surface area (Å²) in [6, 6.07) is 0. The zero-order chi connectivity index (χ0) is 9.64. The van der Waals surface area contributed by atoms with Gasteiger partial charge >= 0.3 is 0 Å². The molecule has 0 unspecified atom stereocenters. The lowest BCUT2D eigenvalue weighted by Gasteiger charge is -2.22. The Bertz CT molecular complexity index is 221. The fourth-order valence-corrected chi connectivity index (χ4v) is 2.26. The first-order valence-electron chi connectivity index (χ1n) is 5.94. The highest BCUT2D eigenvalue weighted by atomic mass is 16.5. The number of hydrogen-bond acceptors (Lipinski definition) is 1. The molecule has 78 valence electrons. The van der Waals surface area contributed by atoms with Gasteiger partial charge in [0.15, 0.2) is 0 Å². The van der Waals surface area contributed by atoms with Crippen LogP contribution in [0.15, 0.2) is 24.0 Å². The molecule has 0 atom stereocenters. The molecule has 0 spiro atoms. The Morgan fingerprint density at radius 3 is 2.71 bits per heavy atom. The highest BCUT2D eigenvalue weighted by molar-refractivity contribution is 5.15. The molecule has 0 aromatic rings. The third-order valence-corrected chi connectivity index (χ3v) is 3.17. The van der Waals surface area contributed by atoms with E-state index in [2.05, 4.69) is 18.2 Å². The van der Waals surface area contributed by atoms with Crippen LogP contribution in [0.2, 0.25) is 0 Å². The maximum absolute atomic E-state index is 5.80. The van der Waals surface area contributed by atoms with E-state index in [0.29, 0.717) is 0 Å². The Labute approximate surface area is 86.8 Å². The normalized spacial score (nSPS) is 23.3. The second-order valence-corrected chi connectivity index (χ2v) is 4.40. The molecule has 1 fully saturated rings. The average Bonchev–Trinajstić information content (AvgIpc) is 2.29. The number of rotatable bonds is 3. The summed E-state index contributed by atoms with van der Waals surface area (Å²) in [6.45, 7) is 0.941. The summed E-state index contributed by atoms with van der Waals surface area (Å²) in [5.74, 6) is 1.92. The summed E-state index contributed by atoms with van der Waals surface area (Å²) >= 11 is 0. The van der Waals surface area contributed by atoms with Gasteiger partial charge in [0.2, 0.25) is 0 Å². The van der Waals surface area contributed by atoms with E-state index in [4.69, 9.17) is 4.74 Å². The summed E-state index contributed by atoms with van der Waals surface area (Å²) in [5.41, 5.74) is 0. The lowest BCUT2D eigenvalue weighted by atomic mass is 9.90. The van der Waals surface area contributed by atoms with Gasteiger partial charge in [0.05, 0.1) is 6.61 Å². The predicted octanol–water partition coefficient (Wildman–Crippen LogP) is 3.82. The second-order valence-electron chi connectivity index (χ2n) is 4.40. The van der Waals surface area contributed by atoms with Crippen LogP contribution < -0.4 is 0 Å². The fourth-order valence-electron chi connectivity index (χ4n) is 2.26. The van der Waals surface area contributed by atoms with Crippen molar-refractivity contribution in [2.75, 3.05) is 6.61 Å². The maximum atomic E-state index is 5.80. The van der Waals surface area contributed by atoms with Crippen molar-refractivity contribution in [1.29, 1.82) is 0 Å². The van der Waals surface area contributed by atoms with Gasteiger partial charge in [-0.05, 0) is 43.8 Å². The van der Waals surface area contributed by atoms with E-state index < -0.39 is 0 Å². The fraction of sp³-hybridized carbons (Fsp3) is 0.692. The molecular weight excluding hydrogens is 172 g/mol. The van der Waals surface area contributed by atoms with E-state index in [1.54, 1.807) is 0 Å². The van der Waals surface area contributed by atoms with Crippen LogP contribution in [-0.4, -0.2) is 6.61 Å². The van der Waals surface area contributed by atoms with Crippen molar-refractivity contribution in [3.63, 3.8) is 0 Å². The smallest absolute Gasteiger partial charge is 0.115 e. The molecule has 0 heterocycles. The van der Waals surface area contributed by atoms with Crippen molar-refractivity contribution in [2.45, 2.75) is 44.9 Å². The lowest BCUT2D eigenvalue weighted by molar-refractivity contribution is 0.148. The maximum Gasteiger partial charge on any atom is 0.115 e. The second kappa shape index (κ2) is 5.23. The highest BCUT2D eigenvalue weighted by Gasteiger charge is 2.14. The Kier molecular flexibility index (Phi) is 3.67. The Balaban J connectivity index is 1.70. The molecule has 2 rings (SSSR count). The van der Waals surface area contributed by atoms with Crippen molar-refractivity contribution in [1.82, 2.24) is 0 Å². The highest BCUT2D eigenvalue weighted by Crippen LogP contribution is 2.24. The molecule has 1 heteroatoms. The van der Waals surface area contributed by atoms with Gasteiger partial charge in [0, 0.05) is 0 Å². The van der Waals surface area contributed by atoms with E-state index in [1.165, 1.54) is 38.5 Å². The van der Waals surface area contributed by atoms with Crippen LogP contribution in [0, 0.1) is 5.92 Å². The van der Waals surface area contributed by atoms with E-state index >= 15 is 0 Å². The monoisotopic (exact) mass is 192 g/mol. The van der Waals surface area contributed by atoms with Crippen molar-refractivity contribution in [2.24, 2.45) is 5.92 Å². The Hall–Kier alpha value is -0.720. The summed E-state index contributed by atoms with van der Waals surface area (Å²) < 4.78 is 5.80. The zero-order valence-electron chi connectivity index (χ0n) is 8.87. The molecule has 2 aliphatic rings. The van der Waals surface area contributed by atoms with Gasteiger partial charge in [-0.15, -0.1) is 0 Å². The number of ether oxygens (including phenoxy) is 1. The zero-order valence-corrected chi connectivity index (χ0v) is 8.87. The molecule has 0 saturated heterocycles. The third kappa shape index (κ3) is 2.90. The summed E-state index contributed by atoms with van der Waals surface area (Å²) in [5, 5.41) is 0. The quantitative estimate of drug-likeness (QED) is 0.660. The van der Waals surface area contributed by atoms with E-state index in [1.807, 2.05) is 0 Å². The van der Waals surface area contributed by atoms with Crippen LogP contribution in [0.4, 0.5) is 0 Å². The van der Waals surface area contributed by atoms with Crippen LogP contribution in [-0.2, 0) is 4.74 Å². The van der Waals surface area contributed by atoms with E-state index in [-0.39, 0.29) is 0 Å². The molecule has 0 radical (unpaired) electrons. The van der Waals surface area contributed by atoms with Gasteiger partial charge in [-0.25, -0.2) is 0 Å². The molecule has 0 aromatic carbocycles. The number of allylic oxidation sites excluding steroid dienone is 3. The van der Waals surface area contributed by atoms with Crippen molar-refractivity contribution in [3.05, 3.63) is 24.0 Å². The van der Waals surface area contributed by atoms with Crippen molar-refractivity contribution in [3.8, 4) is 0 Å². The Morgan fingerprint density at radius 2 is 2.00 bits per heavy atom. The number of hydrogen-bond donors (Lipinski definition) is 0. The first-order chi connectivity index (χ1) is 6.95. The Morgan fingerprint density at radius 1 is 1.14 bits per heavy atom. The molecule has 0 amide bonds. The lowest BCUT2D eigenvalue weighted by Crippen LogP contribution is -2.13. The predicted molar refractivity (Wildman–Crippen MR) is 59.0 cm³/mol. The molecule has 1 nitrogen and oxygen atoms in total. The third-order valence-electron chi connectivity index (χ3n) is 3.17. The molecule has 0 bridgehead atoms. The summed E-state index contributed by atoms with van der Waals surface area (Å²) in [4.78, 5) is 0. The first kappa shape index (κ1) is 9.82. The van der Waals surface area contributed by atoms with Gasteiger partial charge in [0.25, 0.3) is 0 Å². The summed E-state index contributed by atoms with van der Waals surface area (Å²) in [7, 11) is 0. The standard InChI is InChI=1S/C13H20O/c1-3-7-12(8-4-1)11-14-13-9-5-2-6-10-13/h5,9-10,12H,1-4,6-8,11H2. The molecule has 1 saturated carbocycles. The van der Waals surface area contributed by atoms with E-state index in [0.717, 1.165) is 24.7 Å². The van der Waals surface area contributed by atoms with Crippen molar-refractivity contribution < 1.29 is 4.74 Å².